The van der Waals surface area contributed by atoms with E-state index < -0.39 is 9.04 Å². The molecule has 94 valence electrons. The molecule has 0 aromatic heterocycles. The quantitative estimate of drug-likeness (QED) is 0.568. The Kier molecular flexibility index (Phi) is 5.37. The van der Waals surface area contributed by atoms with Crippen molar-refractivity contribution in [1.29, 1.82) is 0 Å². The predicted molar refractivity (Wildman–Crippen MR) is 72.3 cm³/mol. The Balaban J connectivity index is 1.85. The van der Waals surface area contributed by atoms with Crippen LogP contribution < -0.4 is 0 Å². The fourth-order valence-electron chi connectivity index (χ4n) is 3.69. The molecule has 1 N–H and O–H groups in total. The van der Waals surface area contributed by atoms with Crippen LogP contribution in [0.4, 0.5) is 0 Å². The van der Waals surface area contributed by atoms with E-state index in [1.165, 1.54) is 77.0 Å². The van der Waals surface area contributed by atoms with Gasteiger partial charge < -0.3 is 4.80 Å². The molecule has 2 fully saturated rings. The average Bonchev–Trinajstić information content (AvgIpc) is 2.73. The Labute approximate surface area is 102 Å². The zero-order valence-corrected chi connectivity index (χ0v) is 11.8. The third-order valence-electron chi connectivity index (χ3n) is 4.77. The Morgan fingerprint density at radius 3 is 1.19 bits per heavy atom. The van der Waals surface area contributed by atoms with Crippen LogP contribution in [-0.4, -0.2) is 13.8 Å². The SMILES string of the molecule is O[SiH](C1CCCCCC1)C1CCCCCC1. The van der Waals surface area contributed by atoms with Crippen molar-refractivity contribution in [3.8, 4) is 0 Å². The van der Waals surface area contributed by atoms with E-state index in [4.69, 9.17) is 0 Å². The molecule has 0 atom stereocenters. The van der Waals surface area contributed by atoms with Gasteiger partial charge in [0.2, 0.25) is 0 Å². The molecule has 0 amide bonds. The van der Waals surface area contributed by atoms with Crippen molar-refractivity contribution >= 4 is 9.04 Å². The van der Waals surface area contributed by atoms with Gasteiger partial charge in [0.15, 0.2) is 9.04 Å². The summed E-state index contributed by atoms with van der Waals surface area (Å²) < 4.78 is 0. The standard InChI is InChI=1S/C14H28OSi/c15-16(13-9-5-1-2-6-10-13)14-11-7-3-4-8-12-14/h13-16H,1-12H2. The third-order valence-corrected chi connectivity index (χ3v) is 8.03. The number of hydrogen-bond acceptors (Lipinski definition) is 1. The normalized spacial score (nSPS) is 26.6. The first-order chi connectivity index (χ1) is 7.88. The van der Waals surface area contributed by atoms with Crippen LogP contribution in [0.1, 0.15) is 77.0 Å². The van der Waals surface area contributed by atoms with E-state index in [9.17, 15) is 4.80 Å². The van der Waals surface area contributed by atoms with Crippen molar-refractivity contribution in [1.82, 2.24) is 0 Å². The second-order valence-electron chi connectivity index (χ2n) is 5.99. The van der Waals surface area contributed by atoms with Crippen molar-refractivity contribution in [3.05, 3.63) is 0 Å². The molecule has 1 nitrogen and oxygen atoms in total. The molecule has 0 bridgehead atoms. The zero-order chi connectivity index (χ0) is 11.2. The van der Waals surface area contributed by atoms with Crippen LogP contribution in [-0.2, 0) is 0 Å². The van der Waals surface area contributed by atoms with Crippen LogP contribution in [0.25, 0.3) is 0 Å². The smallest absolute Gasteiger partial charge is 0.178 e. The molecule has 0 aromatic carbocycles. The fraction of sp³-hybridized carbons (Fsp3) is 1.00. The van der Waals surface area contributed by atoms with Crippen LogP contribution in [0.5, 0.6) is 0 Å². The summed E-state index contributed by atoms with van der Waals surface area (Å²) in [6.07, 6.45) is 16.6. The molecule has 2 saturated carbocycles. The number of hydrogen-bond donors (Lipinski definition) is 1. The Hall–Kier alpha value is 0.177. The molecule has 0 aromatic rings. The summed E-state index contributed by atoms with van der Waals surface area (Å²) in [7, 11) is -1.42. The largest absolute Gasteiger partial charge is 0.434 e. The highest BCUT2D eigenvalue weighted by Gasteiger charge is 2.30. The van der Waals surface area contributed by atoms with Crippen molar-refractivity contribution in [2.75, 3.05) is 0 Å². The number of rotatable bonds is 2. The molecule has 2 heteroatoms. The van der Waals surface area contributed by atoms with Gasteiger partial charge in [-0.15, -0.1) is 0 Å². The monoisotopic (exact) mass is 240 g/mol. The fourth-order valence-corrected chi connectivity index (χ4v) is 6.77. The van der Waals surface area contributed by atoms with Crippen LogP contribution in [0.15, 0.2) is 0 Å². The minimum absolute atomic E-state index is 0.769. The third kappa shape index (κ3) is 3.59. The van der Waals surface area contributed by atoms with Gasteiger partial charge >= 0.3 is 0 Å². The van der Waals surface area contributed by atoms with E-state index in [-0.39, 0.29) is 0 Å². The first kappa shape index (κ1) is 12.6. The molecule has 2 aliphatic rings. The minimum atomic E-state index is -1.42. The van der Waals surface area contributed by atoms with Crippen LogP contribution in [0.3, 0.4) is 0 Å². The minimum Gasteiger partial charge on any atom is -0.434 e. The molecule has 0 heterocycles. The van der Waals surface area contributed by atoms with E-state index >= 15 is 0 Å². The van der Waals surface area contributed by atoms with E-state index in [0.717, 1.165) is 11.1 Å². The Morgan fingerprint density at radius 1 is 0.562 bits per heavy atom. The van der Waals surface area contributed by atoms with E-state index in [1.807, 2.05) is 0 Å². The predicted octanol–water partition coefficient (Wildman–Crippen LogP) is 4.15. The highest BCUT2D eigenvalue weighted by atomic mass is 28.3. The molecule has 0 spiro atoms. The second kappa shape index (κ2) is 6.80. The molecule has 0 aliphatic heterocycles. The molecule has 0 unspecified atom stereocenters. The summed E-state index contributed by atoms with van der Waals surface area (Å²) >= 11 is 0. The van der Waals surface area contributed by atoms with Gasteiger partial charge in [0.05, 0.1) is 0 Å². The van der Waals surface area contributed by atoms with Gasteiger partial charge in [-0.05, 0) is 11.1 Å². The van der Waals surface area contributed by atoms with E-state index in [1.54, 1.807) is 0 Å². The lowest BCUT2D eigenvalue weighted by molar-refractivity contribution is 0.476. The molecular formula is C14H28OSi. The highest BCUT2D eigenvalue weighted by Crippen LogP contribution is 2.38. The molecule has 2 rings (SSSR count). The maximum absolute atomic E-state index is 10.7. The summed E-state index contributed by atoms with van der Waals surface area (Å²) in [4.78, 5) is 10.7. The Bertz CT molecular complexity index is 159. The van der Waals surface area contributed by atoms with Crippen molar-refractivity contribution in [2.45, 2.75) is 88.1 Å². The van der Waals surface area contributed by atoms with Crippen LogP contribution in [0, 0.1) is 0 Å². The summed E-state index contributed by atoms with van der Waals surface area (Å²) in [6, 6.07) is 0. The topological polar surface area (TPSA) is 20.2 Å². The maximum atomic E-state index is 10.7. The summed E-state index contributed by atoms with van der Waals surface area (Å²) in [5, 5.41) is 0. The summed E-state index contributed by atoms with van der Waals surface area (Å²) in [5.74, 6) is 0. The zero-order valence-electron chi connectivity index (χ0n) is 10.7. The lowest BCUT2D eigenvalue weighted by atomic mass is 10.2. The first-order valence-electron chi connectivity index (χ1n) is 7.56. The van der Waals surface area contributed by atoms with E-state index in [2.05, 4.69) is 0 Å². The summed E-state index contributed by atoms with van der Waals surface area (Å²) in [6.45, 7) is 0. The molecule has 0 saturated heterocycles. The lowest BCUT2D eigenvalue weighted by Gasteiger charge is -2.26. The van der Waals surface area contributed by atoms with Gasteiger partial charge in [-0.3, -0.25) is 0 Å². The molecule has 16 heavy (non-hydrogen) atoms. The second-order valence-corrected chi connectivity index (χ2v) is 8.86. The van der Waals surface area contributed by atoms with E-state index in [0.29, 0.717) is 0 Å². The Morgan fingerprint density at radius 2 is 0.875 bits per heavy atom. The maximum Gasteiger partial charge on any atom is 0.178 e. The highest BCUT2D eigenvalue weighted by molar-refractivity contribution is 6.54. The molecular weight excluding hydrogens is 212 g/mol. The van der Waals surface area contributed by atoms with Gasteiger partial charge in [-0.1, -0.05) is 77.0 Å². The first-order valence-corrected chi connectivity index (χ1v) is 9.41. The summed E-state index contributed by atoms with van der Waals surface area (Å²) in [5.41, 5.74) is 1.54. The van der Waals surface area contributed by atoms with Crippen molar-refractivity contribution < 1.29 is 4.80 Å². The van der Waals surface area contributed by atoms with Crippen molar-refractivity contribution in [2.24, 2.45) is 0 Å². The van der Waals surface area contributed by atoms with Gasteiger partial charge in [0.1, 0.15) is 0 Å². The van der Waals surface area contributed by atoms with Gasteiger partial charge in [-0.25, -0.2) is 0 Å². The molecule has 2 aliphatic carbocycles. The van der Waals surface area contributed by atoms with Gasteiger partial charge in [0.25, 0.3) is 0 Å². The van der Waals surface area contributed by atoms with Gasteiger partial charge in [-0.2, -0.15) is 0 Å². The molecule has 0 radical (unpaired) electrons. The van der Waals surface area contributed by atoms with Crippen LogP contribution in [0.2, 0.25) is 11.1 Å². The lowest BCUT2D eigenvalue weighted by Crippen LogP contribution is -2.27. The average molecular weight is 240 g/mol. The van der Waals surface area contributed by atoms with Gasteiger partial charge in [0, 0.05) is 0 Å². The van der Waals surface area contributed by atoms with Crippen molar-refractivity contribution in [3.63, 3.8) is 0 Å². The van der Waals surface area contributed by atoms with Crippen LogP contribution >= 0.6 is 0 Å².